The van der Waals surface area contributed by atoms with Crippen LogP contribution in [0.25, 0.3) is 0 Å². The zero-order valence-corrected chi connectivity index (χ0v) is 11.9. The quantitative estimate of drug-likeness (QED) is 0.793. The number of hydrogen-bond donors (Lipinski definition) is 1. The van der Waals surface area contributed by atoms with E-state index in [0.29, 0.717) is 5.92 Å². The summed E-state index contributed by atoms with van der Waals surface area (Å²) in [5.41, 5.74) is 1.09. The molecule has 19 heavy (non-hydrogen) atoms. The summed E-state index contributed by atoms with van der Waals surface area (Å²) >= 11 is 0. The van der Waals surface area contributed by atoms with Gasteiger partial charge in [0.1, 0.15) is 0 Å². The molecular formula is C14H24N4O. The lowest BCUT2D eigenvalue weighted by molar-refractivity contribution is 0.0378. The Morgan fingerprint density at radius 1 is 1.37 bits per heavy atom. The van der Waals surface area contributed by atoms with Gasteiger partial charge in [0.05, 0.1) is 13.2 Å². The van der Waals surface area contributed by atoms with Gasteiger partial charge in [-0.25, -0.2) is 9.97 Å². The predicted molar refractivity (Wildman–Crippen MR) is 76.5 cm³/mol. The summed E-state index contributed by atoms with van der Waals surface area (Å²) < 4.78 is 5.33. The SMILES string of the molecule is CC(C)c1ccnc(NCCCN2CCOCC2)n1. The molecule has 0 atom stereocenters. The zero-order chi connectivity index (χ0) is 13.5. The summed E-state index contributed by atoms with van der Waals surface area (Å²) in [4.78, 5) is 11.2. The van der Waals surface area contributed by atoms with Crippen molar-refractivity contribution in [3.05, 3.63) is 18.0 Å². The predicted octanol–water partition coefficient (Wildman–Crippen LogP) is 1.73. The Kier molecular flexibility index (Phi) is 5.54. The number of nitrogens with zero attached hydrogens (tertiary/aromatic N) is 3. The van der Waals surface area contributed by atoms with Gasteiger partial charge in [-0.15, -0.1) is 0 Å². The highest BCUT2D eigenvalue weighted by atomic mass is 16.5. The highest BCUT2D eigenvalue weighted by Crippen LogP contribution is 2.11. The van der Waals surface area contributed by atoms with Crippen molar-refractivity contribution in [3.8, 4) is 0 Å². The Balaban J connectivity index is 1.68. The molecule has 1 fully saturated rings. The fourth-order valence-electron chi connectivity index (χ4n) is 2.11. The Morgan fingerprint density at radius 3 is 2.89 bits per heavy atom. The number of hydrogen-bond acceptors (Lipinski definition) is 5. The molecule has 0 spiro atoms. The monoisotopic (exact) mass is 264 g/mol. The third-order valence-electron chi connectivity index (χ3n) is 3.31. The summed E-state index contributed by atoms with van der Waals surface area (Å²) in [6.45, 7) is 10.2. The van der Waals surface area contributed by atoms with Gasteiger partial charge in [0.25, 0.3) is 0 Å². The fourth-order valence-corrected chi connectivity index (χ4v) is 2.11. The topological polar surface area (TPSA) is 50.3 Å². The first-order valence-electron chi connectivity index (χ1n) is 7.12. The molecule has 5 heteroatoms. The van der Waals surface area contributed by atoms with Gasteiger partial charge in [-0.3, -0.25) is 4.90 Å². The van der Waals surface area contributed by atoms with Crippen LogP contribution in [0.3, 0.4) is 0 Å². The molecular weight excluding hydrogens is 240 g/mol. The Hall–Kier alpha value is -1.20. The number of anilines is 1. The molecule has 0 radical (unpaired) electrons. The summed E-state index contributed by atoms with van der Waals surface area (Å²) in [5, 5.41) is 3.30. The molecule has 0 amide bonds. The van der Waals surface area contributed by atoms with Gasteiger partial charge in [-0.2, -0.15) is 0 Å². The Bertz CT molecular complexity index is 377. The second-order valence-corrected chi connectivity index (χ2v) is 5.19. The summed E-state index contributed by atoms with van der Waals surface area (Å²) in [5.74, 6) is 1.19. The van der Waals surface area contributed by atoms with E-state index in [1.165, 1.54) is 0 Å². The summed E-state index contributed by atoms with van der Waals surface area (Å²) in [6.07, 6.45) is 2.93. The first kappa shape index (κ1) is 14.2. The molecule has 0 aromatic carbocycles. The van der Waals surface area contributed by atoms with Gasteiger partial charge < -0.3 is 10.1 Å². The molecule has 2 heterocycles. The molecule has 2 rings (SSSR count). The standard InChI is InChI=1S/C14H24N4O/c1-12(2)13-4-6-16-14(17-13)15-5-3-7-18-8-10-19-11-9-18/h4,6,12H,3,5,7-11H2,1-2H3,(H,15,16,17). The lowest BCUT2D eigenvalue weighted by Gasteiger charge is -2.26. The van der Waals surface area contributed by atoms with Gasteiger partial charge >= 0.3 is 0 Å². The normalized spacial score (nSPS) is 16.8. The van der Waals surface area contributed by atoms with E-state index in [-0.39, 0.29) is 0 Å². The van der Waals surface area contributed by atoms with Gasteiger partial charge in [0.2, 0.25) is 5.95 Å². The third kappa shape index (κ3) is 4.76. The molecule has 0 saturated carbocycles. The summed E-state index contributed by atoms with van der Waals surface area (Å²) in [7, 11) is 0. The van der Waals surface area contributed by atoms with Crippen LogP contribution in [0.2, 0.25) is 0 Å². The van der Waals surface area contributed by atoms with Gasteiger partial charge in [-0.1, -0.05) is 13.8 Å². The number of nitrogens with one attached hydrogen (secondary N) is 1. The molecule has 1 aliphatic rings. The molecule has 106 valence electrons. The van der Waals surface area contributed by atoms with E-state index >= 15 is 0 Å². The van der Waals surface area contributed by atoms with E-state index in [0.717, 1.165) is 57.5 Å². The lowest BCUT2D eigenvalue weighted by Crippen LogP contribution is -2.37. The van der Waals surface area contributed by atoms with Crippen LogP contribution in [0.4, 0.5) is 5.95 Å². The van der Waals surface area contributed by atoms with Crippen molar-refractivity contribution < 1.29 is 4.74 Å². The number of morpholine rings is 1. The second-order valence-electron chi connectivity index (χ2n) is 5.19. The van der Waals surface area contributed by atoms with Crippen molar-refractivity contribution >= 4 is 5.95 Å². The molecule has 0 unspecified atom stereocenters. The molecule has 1 aliphatic heterocycles. The van der Waals surface area contributed by atoms with Crippen molar-refractivity contribution in [1.82, 2.24) is 14.9 Å². The molecule has 1 aromatic heterocycles. The number of aromatic nitrogens is 2. The highest BCUT2D eigenvalue weighted by molar-refractivity contribution is 5.25. The molecule has 1 N–H and O–H groups in total. The van der Waals surface area contributed by atoms with Gasteiger partial charge in [0, 0.05) is 31.5 Å². The van der Waals surface area contributed by atoms with Crippen molar-refractivity contribution in [2.45, 2.75) is 26.2 Å². The minimum atomic E-state index is 0.442. The minimum absolute atomic E-state index is 0.442. The highest BCUT2D eigenvalue weighted by Gasteiger charge is 2.09. The zero-order valence-electron chi connectivity index (χ0n) is 11.9. The maximum atomic E-state index is 5.33. The van der Waals surface area contributed by atoms with Crippen LogP contribution in [0.5, 0.6) is 0 Å². The first-order valence-corrected chi connectivity index (χ1v) is 7.12. The van der Waals surface area contributed by atoms with Crippen molar-refractivity contribution in [2.75, 3.05) is 44.7 Å². The smallest absolute Gasteiger partial charge is 0.222 e. The average Bonchev–Trinajstić information content (AvgIpc) is 2.45. The molecule has 1 saturated heterocycles. The largest absolute Gasteiger partial charge is 0.379 e. The van der Waals surface area contributed by atoms with E-state index < -0.39 is 0 Å². The van der Waals surface area contributed by atoms with Crippen LogP contribution in [-0.2, 0) is 4.74 Å². The van der Waals surface area contributed by atoms with Gasteiger partial charge in [-0.05, 0) is 24.9 Å². The summed E-state index contributed by atoms with van der Waals surface area (Å²) in [6, 6.07) is 1.98. The van der Waals surface area contributed by atoms with E-state index in [4.69, 9.17) is 4.74 Å². The first-order chi connectivity index (χ1) is 9.25. The van der Waals surface area contributed by atoms with Crippen molar-refractivity contribution in [3.63, 3.8) is 0 Å². The number of rotatable bonds is 6. The van der Waals surface area contributed by atoms with Crippen molar-refractivity contribution in [1.29, 1.82) is 0 Å². The van der Waals surface area contributed by atoms with Crippen LogP contribution < -0.4 is 5.32 Å². The maximum absolute atomic E-state index is 5.33. The number of ether oxygens (including phenoxy) is 1. The third-order valence-corrected chi connectivity index (χ3v) is 3.31. The van der Waals surface area contributed by atoms with Gasteiger partial charge in [0.15, 0.2) is 0 Å². The molecule has 0 aliphatic carbocycles. The van der Waals surface area contributed by atoms with Crippen LogP contribution in [-0.4, -0.2) is 54.3 Å². The van der Waals surface area contributed by atoms with Crippen LogP contribution in [0, 0.1) is 0 Å². The van der Waals surface area contributed by atoms with E-state index in [1.54, 1.807) is 0 Å². The van der Waals surface area contributed by atoms with Crippen molar-refractivity contribution in [2.24, 2.45) is 0 Å². The fraction of sp³-hybridized carbons (Fsp3) is 0.714. The maximum Gasteiger partial charge on any atom is 0.222 e. The van der Waals surface area contributed by atoms with E-state index in [9.17, 15) is 0 Å². The van der Waals surface area contributed by atoms with E-state index in [2.05, 4.69) is 34.0 Å². The second kappa shape index (κ2) is 7.40. The van der Waals surface area contributed by atoms with Crippen LogP contribution >= 0.6 is 0 Å². The molecule has 0 bridgehead atoms. The Morgan fingerprint density at radius 2 is 2.16 bits per heavy atom. The minimum Gasteiger partial charge on any atom is -0.379 e. The Labute approximate surface area is 115 Å². The molecule has 5 nitrogen and oxygen atoms in total. The van der Waals surface area contributed by atoms with E-state index in [1.807, 2.05) is 12.3 Å². The average molecular weight is 264 g/mol. The lowest BCUT2D eigenvalue weighted by atomic mass is 10.1. The van der Waals surface area contributed by atoms with Crippen LogP contribution in [0.1, 0.15) is 31.9 Å². The van der Waals surface area contributed by atoms with Crippen LogP contribution in [0.15, 0.2) is 12.3 Å². The molecule has 1 aromatic rings.